The molecule has 18 heavy (non-hydrogen) atoms. The zero-order valence-corrected chi connectivity index (χ0v) is 9.91. The maximum Gasteiger partial charge on any atom is 0.332 e. The van der Waals surface area contributed by atoms with Crippen LogP contribution in [0.5, 0.6) is 0 Å². The third kappa shape index (κ3) is 1.10. The third-order valence-corrected chi connectivity index (χ3v) is 4.73. The molecule has 0 spiro atoms. The monoisotopic (exact) mass is 238 g/mol. The molecule has 1 N–H and O–H groups in total. The largest absolute Gasteiger partial charge is 0.478 e. The van der Waals surface area contributed by atoms with Gasteiger partial charge >= 0.3 is 5.97 Å². The lowest BCUT2D eigenvalue weighted by Gasteiger charge is -2.41. The van der Waals surface area contributed by atoms with Gasteiger partial charge in [-0.05, 0) is 35.3 Å². The summed E-state index contributed by atoms with van der Waals surface area (Å²) in [6, 6.07) is 10.0. The van der Waals surface area contributed by atoms with Gasteiger partial charge in [0.25, 0.3) is 0 Å². The van der Waals surface area contributed by atoms with Crippen LogP contribution in [0.15, 0.2) is 48.1 Å². The lowest BCUT2D eigenvalue weighted by atomic mass is 9.61. The Morgan fingerprint density at radius 3 is 2.39 bits per heavy atom. The molecule has 0 radical (unpaired) electrons. The van der Waals surface area contributed by atoms with E-state index in [4.69, 9.17) is 0 Å². The van der Waals surface area contributed by atoms with E-state index in [2.05, 4.69) is 12.2 Å². The second-order valence-electron chi connectivity index (χ2n) is 5.50. The van der Waals surface area contributed by atoms with Crippen molar-refractivity contribution in [3.63, 3.8) is 0 Å². The van der Waals surface area contributed by atoms with Gasteiger partial charge in [-0.15, -0.1) is 0 Å². The fourth-order valence-corrected chi connectivity index (χ4v) is 4.10. The highest BCUT2D eigenvalue weighted by Crippen LogP contribution is 2.63. The Kier molecular flexibility index (Phi) is 1.88. The summed E-state index contributed by atoms with van der Waals surface area (Å²) in [5.41, 5.74) is 2.85. The fourth-order valence-electron chi connectivity index (χ4n) is 4.10. The second kappa shape index (κ2) is 3.35. The first-order valence-corrected chi connectivity index (χ1v) is 6.48. The molecule has 1 saturated carbocycles. The molecule has 2 nitrogen and oxygen atoms in total. The van der Waals surface area contributed by atoms with Gasteiger partial charge in [-0.3, -0.25) is 0 Å². The molecule has 90 valence electrons. The minimum atomic E-state index is -0.726. The summed E-state index contributed by atoms with van der Waals surface area (Å²) in [5.74, 6) is 1.04. The van der Waals surface area contributed by atoms with E-state index >= 15 is 0 Å². The Morgan fingerprint density at radius 1 is 1.06 bits per heavy atom. The maximum atomic E-state index is 11.5. The smallest absolute Gasteiger partial charge is 0.332 e. The highest BCUT2D eigenvalue weighted by molar-refractivity contribution is 6.02. The van der Waals surface area contributed by atoms with Gasteiger partial charge in [-0.25, -0.2) is 4.79 Å². The summed E-state index contributed by atoms with van der Waals surface area (Å²) in [7, 11) is 0. The number of carbonyl (C=O) groups is 1. The van der Waals surface area contributed by atoms with Gasteiger partial charge in [0.05, 0.1) is 0 Å². The van der Waals surface area contributed by atoms with Crippen LogP contribution in [-0.4, -0.2) is 11.1 Å². The summed E-state index contributed by atoms with van der Waals surface area (Å²) in [4.78, 5) is 11.5. The average molecular weight is 238 g/mol. The first kappa shape index (κ1) is 10.1. The number of rotatable bonds is 2. The van der Waals surface area contributed by atoms with E-state index < -0.39 is 5.97 Å². The lowest BCUT2D eigenvalue weighted by molar-refractivity contribution is -0.133. The number of carboxylic acid groups (broad SMARTS) is 1. The van der Waals surface area contributed by atoms with Crippen molar-refractivity contribution in [3.8, 4) is 0 Å². The molecule has 2 heteroatoms. The first-order valence-electron chi connectivity index (χ1n) is 6.48. The zero-order valence-electron chi connectivity index (χ0n) is 9.91. The molecule has 0 saturated heterocycles. The van der Waals surface area contributed by atoms with Crippen LogP contribution in [0.2, 0.25) is 0 Å². The fraction of sp³-hybridized carbons (Fsp3) is 0.312. The Hall–Kier alpha value is -1.83. The first-order chi connectivity index (χ1) is 8.77. The van der Waals surface area contributed by atoms with E-state index in [0.717, 1.165) is 17.6 Å². The van der Waals surface area contributed by atoms with Crippen molar-refractivity contribution < 1.29 is 9.90 Å². The molecule has 2 bridgehead atoms. The minimum Gasteiger partial charge on any atom is -0.478 e. The van der Waals surface area contributed by atoms with Gasteiger partial charge in [0.1, 0.15) is 0 Å². The molecule has 0 heterocycles. The summed E-state index contributed by atoms with van der Waals surface area (Å²) in [6.07, 6.45) is 5.65. The summed E-state index contributed by atoms with van der Waals surface area (Å²) >= 11 is 0. The minimum absolute atomic E-state index is 0.271. The molecule has 4 rings (SSSR count). The summed E-state index contributed by atoms with van der Waals surface area (Å²) in [5, 5.41) is 9.46. The van der Waals surface area contributed by atoms with Crippen molar-refractivity contribution in [2.24, 2.45) is 23.7 Å². The van der Waals surface area contributed by atoms with E-state index in [0.29, 0.717) is 23.3 Å². The van der Waals surface area contributed by atoms with Crippen molar-refractivity contribution in [1.29, 1.82) is 0 Å². The molecule has 3 aliphatic carbocycles. The van der Waals surface area contributed by atoms with Gasteiger partial charge in [0.15, 0.2) is 0 Å². The number of fused-ring (bicyclic) bond motifs is 5. The van der Waals surface area contributed by atoms with Crippen LogP contribution in [0.4, 0.5) is 0 Å². The van der Waals surface area contributed by atoms with Gasteiger partial charge in [0.2, 0.25) is 0 Å². The maximum absolute atomic E-state index is 11.5. The second-order valence-corrected chi connectivity index (χ2v) is 5.50. The highest BCUT2D eigenvalue weighted by atomic mass is 16.4. The van der Waals surface area contributed by atoms with Crippen LogP contribution >= 0.6 is 0 Å². The van der Waals surface area contributed by atoms with Gasteiger partial charge < -0.3 is 5.11 Å². The molecule has 0 unspecified atom stereocenters. The third-order valence-electron chi connectivity index (χ3n) is 4.73. The molecule has 1 aromatic rings. The number of benzene rings is 1. The topological polar surface area (TPSA) is 37.3 Å². The van der Waals surface area contributed by atoms with Crippen LogP contribution in [0.25, 0.3) is 5.57 Å². The molecule has 0 aromatic heterocycles. The molecular formula is C16H14O2. The zero-order chi connectivity index (χ0) is 12.3. The molecule has 4 atom stereocenters. The van der Waals surface area contributed by atoms with E-state index in [-0.39, 0.29) is 5.92 Å². The Labute approximate surface area is 106 Å². The standard InChI is InChI=1S/C16H14O2/c17-16(18)15-12(9-4-2-1-3-5-9)13-10-6-7-11(8-10)14(13)15/h1-7,10-11,13-14H,8H2,(H,17,18)/t10-,11+,13-,14-/m0/s1. The Morgan fingerprint density at radius 2 is 1.72 bits per heavy atom. The molecule has 1 aromatic carbocycles. The predicted octanol–water partition coefficient (Wildman–Crippen LogP) is 2.98. The summed E-state index contributed by atoms with van der Waals surface area (Å²) < 4.78 is 0. The van der Waals surface area contributed by atoms with Crippen LogP contribution < -0.4 is 0 Å². The van der Waals surface area contributed by atoms with E-state index in [1.807, 2.05) is 30.3 Å². The highest BCUT2D eigenvalue weighted by Gasteiger charge is 2.56. The predicted molar refractivity (Wildman–Crippen MR) is 68.7 cm³/mol. The summed E-state index contributed by atoms with van der Waals surface area (Å²) in [6.45, 7) is 0. The van der Waals surface area contributed by atoms with Gasteiger partial charge in [0, 0.05) is 11.5 Å². The van der Waals surface area contributed by atoms with Crippen molar-refractivity contribution in [2.75, 3.05) is 0 Å². The number of aliphatic carboxylic acids is 1. The average Bonchev–Trinajstić information content (AvgIpc) is 2.87. The van der Waals surface area contributed by atoms with Crippen molar-refractivity contribution in [2.45, 2.75) is 6.42 Å². The Bertz CT molecular complexity index is 582. The molecule has 3 aliphatic rings. The normalized spacial score (nSPS) is 35.6. The van der Waals surface area contributed by atoms with E-state index in [9.17, 15) is 9.90 Å². The molecule has 0 aliphatic heterocycles. The number of hydrogen-bond acceptors (Lipinski definition) is 1. The van der Waals surface area contributed by atoms with Crippen LogP contribution in [0.3, 0.4) is 0 Å². The molecule has 0 amide bonds. The van der Waals surface area contributed by atoms with E-state index in [1.165, 1.54) is 0 Å². The SMILES string of the molecule is O=C(O)C1=C(c2ccccc2)[C@H]2[C@@H]1[C@@H]1C=C[C@H]2C1. The number of carboxylic acids is 1. The molecule has 1 fully saturated rings. The van der Waals surface area contributed by atoms with Crippen molar-refractivity contribution >= 4 is 11.5 Å². The van der Waals surface area contributed by atoms with E-state index in [1.54, 1.807) is 0 Å². The van der Waals surface area contributed by atoms with Crippen molar-refractivity contribution in [3.05, 3.63) is 53.6 Å². The number of allylic oxidation sites excluding steroid dienone is 3. The van der Waals surface area contributed by atoms with Crippen LogP contribution in [-0.2, 0) is 4.79 Å². The van der Waals surface area contributed by atoms with Gasteiger partial charge in [-0.1, -0.05) is 42.5 Å². The van der Waals surface area contributed by atoms with Crippen molar-refractivity contribution in [1.82, 2.24) is 0 Å². The van der Waals surface area contributed by atoms with Gasteiger partial charge in [-0.2, -0.15) is 0 Å². The van der Waals surface area contributed by atoms with Crippen LogP contribution in [0, 0.1) is 23.7 Å². The quantitative estimate of drug-likeness (QED) is 0.804. The number of hydrogen-bond donors (Lipinski definition) is 1. The lowest BCUT2D eigenvalue weighted by Crippen LogP contribution is -2.36. The Balaban J connectivity index is 1.85. The molecular weight excluding hydrogens is 224 g/mol. The van der Waals surface area contributed by atoms with Crippen LogP contribution in [0.1, 0.15) is 12.0 Å².